The molecule has 3 heteroatoms. The molecule has 0 heterocycles. The minimum absolute atomic E-state index is 0.298. The standard InChI is InChI=1S/C7H6BrN2/c8-7(10-9)6-4-2-1-3-5-6/h1-5,7H/q+1. The lowest BCUT2D eigenvalue weighted by Gasteiger charge is -1.88. The molecule has 0 aliphatic carbocycles. The predicted octanol–water partition coefficient (Wildman–Crippen LogP) is 2.93. The molecule has 1 aromatic carbocycles. The second-order valence-corrected chi connectivity index (χ2v) is 2.73. The van der Waals surface area contributed by atoms with Crippen LogP contribution in [-0.4, -0.2) is 0 Å². The van der Waals surface area contributed by atoms with Gasteiger partial charge in [-0.15, -0.1) is 0 Å². The van der Waals surface area contributed by atoms with Gasteiger partial charge in [0.25, 0.3) is 0 Å². The van der Waals surface area contributed by atoms with Gasteiger partial charge in [0.2, 0.25) is 5.39 Å². The first-order chi connectivity index (χ1) is 4.84. The summed E-state index contributed by atoms with van der Waals surface area (Å²) in [5.41, 5.74) is 0.949. The smallest absolute Gasteiger partial charge is 0.0622 e. The second kappa shape index (κ2) is 3.33. The SMILES string of the molecule is N#[N+]C(Br)c1ccccc1. The van der Waals surface area contributed by atoms with Crippen LogP contribution in [0.2, 0.25) is 0 Å². The Labute approximate surface area is 67.6 Å². The van der Waals surface area contributed by atoms with E-state index in [9.17, 15) is 0 Å². The lowest BCUT2D eigenvalue weighted by atomic mass is 10.2. The summed E-state index contributed by atoms with van der Waals surface area (Å²) >= 11 is 3.17. The number of benzene rings is 1. The van der Waals surface area contributed by atoms with Crippen LogP contribution in [0.15, 0.2) is 30.3 Å². The van der Waals surface area contributed by atoms with Crippen molar-refractivity contribution in [1.29, 1.82) is 5.39 Å². The maximum Gasteiger partial charge on any atom is 0.391 e. The molecule has 0 aliphatic rings. The van der Waals surface area contributed by atoms with Gasteiger partial charge >= 0.3 is 4.95 Å². The Morgan fingerprint density at radius 2 is 1.90 bits per heavy atom. The summed E-state index contributed by atoms with van der Waals surface area (Å²) in [6.07, 6.45) is 0. The molecule has 1 atom stereocenters. The Kier molecular flexibility index (Phi) is 2.41. The molecule has 0 saturated carbocycles. The van der Waals surface area contributed by atoms with E-state index in [4.69, 9.17) is 5.39 Å². The van der Waals surface area contributed by atoms with Gasteiger partial charge in [0.1, 0.15) is 4.98 Å². The number of diazo groups is 1. The van der Waals surface area contributed by atoms with Crippen LogP contribution in [0.5, 0.6) is 0 Å². The Morgan fingerprint density at radius 1 is 1.30 bits per heavy atom. The quantitative estimate of drug-likeness (QED) is 0.387. The van der Waals surface area contributed by atoms with Crippen LogP contribution in [0.3, 0.4) is 0 Å². The summed E-state index contributed by atoms with van der Waals surface area (Å²) in [5, 5.41) is 8.37. The molecule has 0 fully saturated rings. The average Bonchev–Trinajstić information content (AvgIpc) is 2.05. The van der Waals surface area contributed by atoms with E-state index in [-0.39, 0.29) is 4.95 Å². The van der Waals surface area contributed by atoms with Gasteiger partial charge in [0.05, 0.1) is 5.56 Å². The van der Waals surface area contributed by atoms with Crippen LogP contribution in [0, 0.1) is 5.39 Å². The van der Waals surface area contributed by atoms with Gasteiger partial charge in [-0.05, 0) is 12.1 Å². The van der Waals surface area contributed by atoms with Gasteiger partial charge in [-0.2, -0.15) is 0 Å². The first-order valence-electron chi connectivity index (χ1n) is 2.88. The van der Waals surface area contributed by atoms with Crippen LogP contribution in [0.1, 0.15) is 10.5 Å². The Bertz CT molecular complexity index is 240. The summed E-state index contributed by atoms with van der Waals surface area (Å²) in [4.78, 5) is 2.78. The fourth-order valence-corrected chi connectivity index (χ4v) is 0.984. The molecule has 1 unspecified atom stereocenters. The minimum atomic E-state index is -0.298. The molecule has 1 rings (SSSR count). The number of alkyl halides is 1. The highest BCUT2D eigenvalue weighted by atomic mass is 79.9. The number of hydrogen-bond donors (Lipinski definition) is 0. The molecule has 0 bridgehead atoms. The zero-order valence-electron chi connectivity index (χ0n) is 5.24. The number of halogens is 1. The zero-order chi connectivity index (χ0) is 7.40. The summed E-state index contributed by atoms with van der Waals surface area (Å²) in [6, 6.07) is 9.49. The Hall–Kier alpha value is -0.880. The minimum Gasteiger partial charge on any atom is -0.0622 e. The third kappa shape index (κ3) is 1.55. The third-order valence-electron chi connectivity index (χ3n) is 1.18. The summed E-state index contributed by atoms with van der Waals surface area (Å²) < 4.78 is 0. The van der Waals surface area contributed by atoms with Gasteiger partial charge in [0.15, 0.2) is 0 Å². The van der Waals surface area contributed by atoms with Crippen LogP contribution in [-0.2, 0) is 0 Å². The molecule has 50 valence electrons. The summed E-state index contributed by atoms with van der Waals surface area (Å²) in [6.45, 7) is 0. The average molecular weight is 198 g/mol. The van der Waals surface area contributed by atoms with E-state index < -0.39 is 0 Å². The maximum absolute atomic E-state index is 8.37. The molecule has 0 amide bonds. The fourth-order valence-electron chi connectivity index (χ4n) is 0.679. The van der Waals surface area contributed by atoms with Crippen molar-refractivity contribution in [3.05, 3.63) is 40.9 Å². The molecular formula is C7H6BrN2+. The highest BCUT2D eigenvalue weighted by Gasteiger charge is 2.15. The van der Waals surface area contributed by atoms with Crippen molar-refractivity contribution in [2.75, 3.05) is 0 Å². The van der Waals surface area contributed by atoms with E-state index in [0.29, 0.717) is 0 Å². The molecule has 0 N–H and O–H groups in total. The molecule has 0 aromatic heterocycles. The van der Waals surface area contributed by atoms with Crippen molar-refractivity contribution in [3.63, 3.8) is 0 Å². The second-order valence-electron chi connectivity index (χ2n) is 1.86. The van der Waals surface area contributed by atoms with E-state index in [0.717, 1.165) is 5.56 Å². The molecule has 0 spiro atoms. The van der Waals surface area contributed by atoms with Gasteiger partial charge in [-0.25, -0.2) is 0 Å². The van der Waals surface area contributed by atoms with Gasteiger partial charge < -0.3 is 0 Å². The summed E-state index contributed by atoms with van der Waals surface area (Å²) in [7, 11) is 0. The van der Waals surface area contributed by atoms with E-state index in [2.05, 4.69) is 20.9 Å². The lowest BCUT2D eigenvalue weighted by molar-refractivity contribution is 1.18. The van der Waals surface area contributed by atoms with E-state index >= 15 is 0 Å². The van der Waals surface area contributed by atoms with Gasteiger partial charge in [-0.1, -0.05) is 18.2 Å². The monoisotopic (exact) mass is 197 g/mol. The lowest BCUT2D eigenvalue weighted by Crippen LogP contribution is -1.79. The van der Waals surface area contributed by atoms with Crippen LogP contribution in [0.4, 0.5) is 0 Å². The van der Waals surface area contributed by atoms with Gasteiger partial charge in [0, 0.05) is 15.9 Å². The van der Waals surface area contributed by atoms with Crippen LogP contribution < -0.4 is 0 Å². The first kappa shape index (κ1) is 7.23. The normalized spacial score (nSPS) is 12.0. The molecule has 0 radical (unpaired) electrons. The molecule has 0 saturated heterocycles. The predicted molar refractivity (Wildman–Crippen MR) is 43.2 cm³/mol. The maximum atomic E-state index is 8.37. The highest BCUT2D eigenvalue weighted by molar-refractivity contribution is 9.09. The molecule has 2 nitrogen and oxygen atoms in total. The molecule has 0 aliphatic heterocycles. The van der Waals surface area contributed by atoms with Crippen molar-refractivity contribution < 1.29 is 0 Å². The first-order valence-corrected chi connectivity index (χ1v) is 3.79. The number of hydrogen-bond acceptors (Lipinski definition) is 1. The molecule has 1 aromatic rings. The van der Waals surface area contributed by atoms with Crippen LogP contribution in [0.25, 0.3) is 4.98 Å². The zero-order valence-corrected chi connectivity index (χ0v) is 6.82. The van der Waals surface area contributed by atoms with E-state index in [1.807, 2.05) is 30.3 Å². The van der Waals surface area contributed by atoms with Gasteiger partial charge in [-0.3, -0.25) is 0 Å². The van der Waals surface area contributed by atoms with Crippen molar-refractivity contribution in [2.45, 2.75) is 4.95 Å². The van der Waals surface area contributed by atoms with Crippen molar-refractivity contribution in [2.24, 2.45) is 0 Å². The number of nitrogens with zero attached hydrogens (tertiary/aromatic N) is 2. The fraction of sp³-hybridized carbons (Fsp3) is 0.143. The Morgan fingerprint density at radius 3 is 2.40 bits per heavy atom. The van der Waals surface area contributed by atoms with Crippen molar-refractivity contribution in [3.8, 4) is 0 Å². The van der Waals surface area contributed by atoms with Crippen LogP contribution >= 0.6 is 15.9 Å². The van der Waals surface area contributed by atoms with Crippen molar-refractivity contribution in [1.82, 2.24) is 0 Å². The highest BCUT2D eigenvalue weighted by Crippen LogP contribution is 2.22. The third-order valence-corrected chi connectivity index (χ3v) is 1.89. The van der Waals surface area contributed by atoms with E-state index in [1.54, 1.807) is 0 Å². The Balaban J connectivity index is 2.88. The molecular weight excluding hydrogens is 192 g/mol. The van der Waals surface area contributed by atoms with Crippen molar-refractivity contribution >= 4 is 15.9 Å². The number of rotatable bonds is 1. The largest absolute Gasteiger partial charge is 0.391 e. The van der Waals surface area contributed by atoms with E-state index in [1.165, 1.54) is 0 Å². The molecule has 10 heavy (non-hydrogen) atoms. The topological polar surface area (TPSA) is 28.1 Å². The summed E-state index contributed by atoms with van der Waals surface area (Å²) in [5.74, 6) is 0.